The van der Waals surface area contributed by atoms with Crippen LogP contribution >= 0.6 is 0 Å². The Balaban J connectivity index is 1.94. The normalized spacial score (nSPS) is 10.9. The Kier molecular flexibility index (Phi) is 8.34. The fourth-order valence-corrected chi connectivity index (χ4v) is 2.39. The van der Waals surface area contributed by atoms with Crippen LogP contribution in [0.25, 0.3) is 0 Å². The minimum absolute atomic E-state index is 0.292. The van der Waals surface area contributed by atoms with Crippen LogP contribution in [0.5, 0.6) is 17.2 Å². The van der Waals surface area contributed by atoms with Gasteiger partial charge in [-0.05, 0) is 67.3 Å². The number of nitrogens with one attached hydrogen (secondary N) is 1. The molecule has 0 aromatic heterocycles. The highest BCUT2D eigenvalue weighted by Gasteiger charge is 2.07. The van der Waals surface area contributed by atoms with Crippen molar-refractivity contribution in [3.05, 3.63) is 53.6 Å². The van der Waals surface area contributed by atoms with Crippen molar-refractivity contribution < 1.29 is 19.0 Å². The molecule has 6 nitrogen and oxygen atoms in total. The quantitative estimate of drug-likeness (QED) is 0.490. The lowest BCUT2D eigenvalue weighted by molar-refractivity contribution is 0.0955. The molecule has 28 heavy (non-hydrogen) atoms. The van der Waals surface area contributed by atoms with Gasteiger partial charge in [0.25, 0.3) is 5.91 Å². The molecule has 0 unspecified atom stereocenters. The molecule has 0 bridgehead atoms. The molecule has 0 spiro atoms. The first-order valence-corrected chi connectivity index (χ1v) is 9.40. The first kappa shape index (κ1) is 21.3. The van der Waals surface area contributed by atoms with E-state index >= 15 is 0 Å². The number of carbonyl (C=O) groups excluding carboxylic acids is 1. The zero-order chi connectivity index (χ0) is 20.4. The van der Waals surface area contributed by atoms with Gasteiger partial charge in [0.15, 0.2) is 11.5 Å². The van der Waals surface area contributed by atoms with E-state index in [1.54, 1.807) is 37.6 Å². The molecule has 2 aromatic carbocycles. The molecule has 2 aromatic rings. The molecular formula is C22H28N2O4. The molecule has 6 heteroatoms. The maximum atomic E-state index is 12.1. The Bertz CT molecular complexity index is 786. The fraction of sp³-hybridized carbons (Fsp3) is 0.364. The van der Waals surface area contributed by atoms with Gasteiger partial charge in [-0.15, -0.1) is 0 Å². The second kappa shape index (κ2) is 11.0. The van der Waals surface area contributed by atoms with Crippen molar-refractivity contribution in [3.63, 3.8) is 0 Å². The molecule has 0 heterocycles. The van der Waals surface area contributed by atoms with Crippen molar-refractivity contribution in [3.8, 4) is 17.2 Å². The van der Waals surface area contributed by atoms with Crippen LogP contribution in [0.15, 0.2) is 47.6 Å². The van der Waals surface area contributed by atoms with Gasteiger partial charge < -0.3 is 14.2 Å². The second-order valence-electron chi connectivity index (χ2n) is 6.60. The number of rotatable bonds is 10. The summed E-state index contributed by atoms with van der Waals surface area (Å²) >= 11 is 0. The van der Waals surface area contributed by atoms with Crippen molar-refractivity contribution in [2.24, 2.45) is 11.0 Å². The van der Waals surface area contributed by atoms with E-state index in [9.17, 15) is 4.79 Å². The molecule has 0 aliphatic rings. The van der Waals surface area contributed by atoms with Crippen molar-refractivity contribution >= 4 is 12.1 Å². The molecule has 0 aliphatic carbocycles. The van der Waals surface area contributed by atoms with Gasteiger partial charge >= 0.3 is 0 Å². The molecule has 0 saturated carbocycles. The van der Waals surface area contributed by atoms with Crippen LogP contribution in [0.4, 0.5) is 0 Å². The lowest BCUT2D eigenvalue weighted by Gasteiger charge is -2.12. The highest BCUT2D eigenvalue weighted by molar-refractivity contribution is 5.95. The Hall–Kier alpha value is -3.02. The molecule has 0 fully saturated rings. The summed E-state index contributed by atoms with van der Waals surface area (Å²) in [6.07, 6.45) is 2.54. The molecule has 0 atom stereocenters. The number of nitrogens with zero attached hydrogens (tertiary/aromatic N) is 1. The second-order valence-corrected chi connectivity index (χ2v) is 6.60. The summed E-state index contributed by atoms with van der Waals surface area (Å²) in [7, 11) is 1.60. The maximum absolute atomic E-state index is 12.1. The lowest BCUT2D eigenvalue weighted by Crippen LogP contribution is -2.17. The van der Waals surface area contributed by atoms with Gasteiger partial charge in [-0.2, -0.15) is 5.10 Å². The van der Waals surface area contributed by atoms with E-state index in [1.807, 2.05) is 25.1 Å². The zero-order valence-corrected chi connectivity index (χ0v) is 16.9. The Labute approximate surface area is 166 Å². The van der Waals surface area contributed by atoms with Crippen LogP contribution in [0, 0.1) is 5.92 Å². The molecule has 2 rings (SSSR count). The molecule has 0 aliphatic heterocycles. The molecule has 1 N–H and O–H groups in total. The SMILES string of the molecule is CCOc1ccc(C(=O)N/N=C\c2ccc(OCCC(C)C)c(OC)c2)cc1. The van der Waals surface area contributed by atoms with Gasteiger partial charge in [0.1, 0.15) is 5.75 Å². The highest BCUT2D eigenvalue weighted by atomic mass is 16.5. The van der Waals surface area contributed by atoms with Crippen LogP contribution in [-0.4, -0.2) is 32.4 Å². The number of amides is 1. The molecule has 150 valence electrons. The van der Waals surface area contributed by atoms with E-state index in [0.29, 0.717) is 36.2 Å². The van der Waals surface area contributed by atoms with E-state index < -0.39 is 0 Å². The minimum Gasteiger partial charge on any atom is -0.494 e. The number of hydrogen-bond acceptors (Lipinski definition) is 5. The third kappa shape index (κ3) is 6.61. The Morgan fingerprint density at radius 2 is 1.86 bits per heavy atom. The van der Waals surface area contributed by atoms with Crippen LogP contribution in [0.2, 0.25) is 0 Å². The van der Waals surface area contributed by atoms with Crippen molar-refractivity contribution in [2.75, 3.05) is 20.3 Å². The zero-order valence-electron chi connectivity index (χ0n) is 16.9. The van der Waals surface area contributed by atoms with Gasteiger partial charge in [-0.3, -0.25) is 4.79 Å². The van der Waals surface area contributed by atoms with Gasteiger partial charge in [-0.25, -0.2) is 5.43 Å². The molecule has 0 saturated heterocycles. The van der Waals surface area contributed by atoms with Crippen molar-refractivity contribution in [1.82, 2.24) is 5.43 Å². The van der Waals surface area contributed by atoms with Crippen molar-refractivity contribution in [1.29, 1.82) is 0 Å². The summed E-state index contributed by atoms with van der Waals surface area (Å²) in [5, 5.41) is 4.01. The van der Waals surface area contributed by atoms with E-state index in [4.69, 9.17) is 14.2 Å². The average Bonchev–Trinajstić information content (AvgIpc) is 2.69. The number of benzene rings is 2. The number of hydrazone groups is 1. The summed E-state index contributed by atoms with van der Waals surface area (Å²) in [4.78, 5) is 12.1. The minimum atomic E-state index is -0.292. The Morgan fingerprint density at radius 1 is 1.11 bits per heavy atom. The third-order valence-electron chi connectivity index (χ3n) is 3.95. The predicted octanol–water partition coefficient (Wildman–Crippen LogP) is 4.28. The summed E-state index contributed by atoms with van der Waals surface area (Å²) in [5.74, 6) is 2.34. The topological polar surface area (TPSA) is 69.2 Å². The van der Waals surface area contributed by atoms with Gasteiger partial charge in [0, 0.05) is 5.56 Å². The molecule has 0 radical (unpaired) electrons. The third-order valence-corrected chi connectivity index (χ3v) is 3.95. The summed E-state index contributed by atoms with van der Waals surface area (Å²) in [6, 6.07) is 12.4. The van der Waals surface area contributed by atoms with E-state index in [1.165, 1.54) is 0 Å². The largest absolute Gasteiger partial charge is 0.494 e. The highest BCUT2D eigenvalue weighted by Crippen LogP contribution is 2.27. The molecular weight excluding hydrogens is 356 g/mol. The summed E-state index contributed by atoms with van der Waals surface area (Å²) in [6.45, 7) is 7.44. The summed E-state index contributed by atoms with van der Waals surface area (Å²) in [5.41, 5.74) is 3.81. The van der Waals surface area contributed by atoms with Gasteiger partial charge in [0.2, 0.25) is 0 Å². The number of carbonyl (C=O) groups is 1. The summed E-state index contributed by atoms with van der Waals surface area (Å²) < 4.78 is 16.5. The standard InChI is InChI=1S/C22H28N2O4/c1-5-27-19-9-7-18(8-10-19)22(25)24-23-15-17-6-11-20(21(14-17)26-4)28-13-12-16(2)3/h6-11,14-16H,5,12-13H2,1-4H3,(H,24,25)/b23-15-. The van der Waals surface area contributed by atoms with Crippen LogP contribution in [-0.2, 0) is 0 Å². The van der Waals surface area contributed by atoms with Crippen LogP contribution in [0.1, 0.15) is 43.1 Å². The lowest BCUT2D eigenvalue weighted by atomic mass is 10.1. The average molecular weight is 384 g/mol. The number of ether oxygens (including phenoxy) is 3. The van der Waals surface area contributed by atoms with Crippen LogP contribution in [0.3, 0.4) is 0 Å². The van der Waals surface area contributed by atoms with Crippen molar-refractivity contribution in [2.45, 2.75) is 27.2 Å². The smallest absolute Gasteiger partial charge is 0.271 e. The molecule has 1 amide bonds. The van der Waals surface area contributed by atoms with E-state index in [0.717, 1.165) is 17.7 Å². The number of methoxy groups -OCH3 is 1. The van der Waals surface area contributed by atoms with Crippen LogP contribution < -0.4 is 19.6 Å². The van der Waals surface area contributed by atoms with E-state index in [-0.39, 0.29) is 5.91 Å². The first-order chi connectivity index (χ1) is 13.5. The number of hydrogen-bond donors (Lipinski definition) is 1. The first-order valence-electron chi connectivity index (χ1n) is 9.40. The van der Waals surface area contributed by atoms with Gasteiger partial charge in [-0.1, -0.05) is 13.8 Å². The van der Waals surface area contributed by atoms with Gasteiger partial charge in [0.05, 0.1) is 26.5 Å². The monoisotopic (exact) mass is 384 g/mol. The van der Waals surface area contributed by atoms with E-state index in [2.05, 4.69) is 24.4 Å². The Morgan fingerprint density at radius 3 is 2.50 bits per heavy atom. The predicted molar refractivity (Wildman–Crippen MR) is 111 cm³/mol. The maximum Gasteiger partial charge on any atom is 0.271 e. The fourth-order valence-electron chi connectivity index (χ4n) is 2.39.